The van der Waals surface area contributed by atoms with Crippen LogP contribution in [0.5, 0.6) is 0 Å². The number of nitrogens with one attached hydrogen (secondary N) is 2. The van der Waals surface area contributed by atoms with Crippen LogP contribution in [0.4, 0.5) is 0 Å². The van der Waals surface area contributed by atoms with Crippen LogP contribution in [-0.2, 0) is 11.2 Å². The van der Waals surface area contributed by atoms with Crippen molar-refractivity contribution in [2.45, 2.75) is 75.9 Å². The predicted octanol–water partition coefficient (Wildman–Crippen LogP) is 2.92. The Bertz CT molecular complexity index is 891. The van der Waals surface area contributed by atoms with Crippen LogP contribution in [0.2, 0.25) is 0 Å². The summed E-state index contributed by atoms with van der Waals surface area (Å²) in [6, 6.07) is 12.0. The summed E-state index contributed by atoms with van der Waals surface area (Å²) in [4.78, 5) is 25.0. The summed E-state index contributed by atoms with van der Waals surface area (Å²) in [5.74, 6) is 1.27. The maximum atomic E-state index is 12.8. The molecule has 0 radical (unpaired) electrons. The third-order valence-corrected chi connectivity index (χ3v) is 6.25. The number of amides is 2. The minimum atomic E-state index is -0.182. The number of hydrogen-bond donors (Lipinski definition) is 3. The van der Waals surface area contributed by atoms with Gasteiger partial charge in [0.2, 0.25) is 5.91 Å². The summed E-state index contributed by atoms with van der Waals surface area (Å²) in [7, 11) is 0. The lowest BCUT2D eigenvalue weighted by molar-refractivity contribution is -0.122. The highest BCUT2D eigenvalue weighted by atomic mass is 16.5. The van der Waals surface area contributed by atoms with Crippen molar-refractivity contribution in [2.24, 2.45) is 11.7 Å². The van der Waals surface area contributed by atoms with Gasteiger partial charge >= 0.3 is 0 Å². The van der Waals surface area contributed by atoms with Gasteiger partial charge in [-0.25, -0.2) is 0 Å². The molecule has 1 unspecified atom stereocenters. The van der Waals surface area contributed by atoms with E-state index >= 15 is 0 Å². The topological polar surface area (TPSA) is 110 Å². The second-order valence-electron chi connectivity index (χ2n) is 9.18. The highest BCUT2D eigenvalue weighted by Gasteiger charge is 2.34. The molecule has 166 valence electrons. The van der Waals surface area contributed by atoms with E-state index in [4.69, 9.17) is 10.3 Å². The van der Waals surface area contributed by atoms with E-state index in [1.807, 2.05) is 25.1 Å². The van der Waals surface area contributed by atoms with Crippen LogP contribution in [0, 0.1) is 5.92 Å². The van der Waals surface area contributed by atoms with Crippen LogP contribution in [-0.4, -0.2) is 35.1 Å². The van der Waals surface area contributed by atoms with E-state index < -0.39 is 0 Å². The van der Waals surface area contributed by atoms with Crippen LogP contribution in [0.1, 0.15) is 73.2 Å². The van der Waals surface area contributed by atoms with Crippen molar-refractivity contribution in [2.75, 3.05) is 0 Å². The summed E-state index contributed by atoms with van der Waals surface area (Å²) in [5, 5.41) is 10.3. The molecule has 7 nitrogen and oxygen atoms in total. The Balaban J connectivity index is 1.41. The van der Waals surface area contributed by atoms with E-state index in [9.17, 15) is 9.59 Å². The van der Waals surface area contributed by atoms with E-state index in [1.165, 1.54) is 5.56 Å². The fraction of sp³-hybridized carbons (Fsp3) is 0.542. The van der Waals surface area contributed by atoms with Crippen molar-refractivity contribution in [1.82, 2.24) is 15.8 Å². The highest BCUT2D eigenvalue weighted by molar-refractivity contribution is 5.92. The van der Waals surface area contributed by atoms with E-state index in [0.717, 1.165) is 44.3 Å². The van der Waals surface area contributed by atoms with Gasteiger partial charge in [0.25, 0.3) is 5.91 Å². The number of rotatable bonds is 8. The average Bonchev–Trinajstić information content (AvgIpc) is 3.46. The summed E-state index contributed by atoms with van der Waals surface area (Å²) in [6.45, 7) is 1.84. The van der Waals surface area contributed by atoms with Crippen molar-refractivity contribution in [3.05, 3.63) is 53.4 Å². The molecular formula is C24H32N4O3. The van der Waals surface area contributed by atoms with Gasteiger partial charge in [0.1, 0.15) is 5.76 Å². The minimum absolute atomic E-state index is 0.00357. The Kier molecular flexibility index (Phi) is 6.70. The van der Waals surface area contributed by atoms with E-state index in [-0.39, 0.29) is 35.9 Å². The van der Waals surface area contributed by atoms with Crippen molar-refractivity contribution in [3.63, 3.8) is 0 Å². The van der Waals surface area contributed by atoms with Gasteiger partial charge in [-0.3, -0.25) is 9.59 Å². The number of aromatic nitrogens is 1. The molecule has 1 heterocycles. The molecule has 2 aliphatic carbocycles. The molecule has 2 aromatic rings. The van der Waals surface area contributed by atoms with Gasteiger partial charge in [-0.1, -0.05) is 35.5 Å². The molecule has 2 saturated carbocycles. The van der Waals surface area contributed by atoms with Crippen LogP contribution < -0.4 is 16.4 Å². The molecule has 31 heavy (non-hydrogen) atoms. The Morgan fingerprint density at radius 1 is 1.16 bits per heavy atom. The minimum Gasteiger partial charge on any atom is -0.360 e. The van der Waals surface area contributed by atoms with Gasteiger partial charge in [0, 0.05) is 36.5 Å². The lowest BCUT2D eigenvalue weighted by atomic mass is 9.78. The third-order valence-electron chi connectivity index (χ3n) is 6.25. The Labute approximate surface area is 183 Å². The molecule has 0 spiro atoms. The monoisotopic (exact) mass is 424 g/mol. The lowest BCUT2D eigenvalue weighted by Gasteiger charge is -2.37. The molecule has 7 heteroatoms. The molecule has 4 rings (SSSR count). The van der Waals surface area contributed by atoms with Crippen LogP contribution in [0.3, 0.4) is 0 Å². The molecular weight excluding hydrogens is 392 g/mol. The number of benzene rings is 1. The molecule has 1 aromatic heterocycles. The molecule has 4 atom stereocenters. The van der Waals surface area contributed by atoms with Gasteiger partial charge in [0.15, 0.2) is 5.69 Å². The van der Waals surface area contributed by atoms with Gasteiger partial charge < -0.3 is 20.9 Å². The van der Waals surface area contributed by atoms with Crippen molar-refractivity contribution >= 4 is 11.8 Å². The first-order valence-corrected chi connectivity index (χ1v) is 11.3. The number of nitrogens with two attached hydrogens (primary N) is 1. The molecule has 0 saturated heterocycles. The molecule has 2 aliphatic rings. The zero-order chi connectivity index (χ0) is 21.8. The first-order valence-electron chi connectivity index (χ1n) is 11.3. The van der Waals surface area contributed by atoms with Crippen molar-refractivity contribution in [1.29, 1.82) is 0 Å². The summed E-state index contributed by atoms with van der Waals surface area (Å²) in [5.41, 5.74) is 7.35. The van der Waals surface area contributed by atoms with Crippen LogP contribution >= 0.6 is 0 Å². The van der Waals surface area contributed by atoms with Gasteiger partial charge in [-0.15, -0.1) is 0 Å². The molecule has 2 amide bonds. The molecule has 2 fully saturated rings. The third kappa shape index (κ3) is 5.94. The first-order chi connectivity index (χ1) is 15.0. The predicted molar refractivity (Wildman–Crippen MR) is 117 cm³/mol. The second kappa shape index (κ2) is 9.64. The van der Waals surface area contributed by atoms with Gasteiger partial charge in [-0.05, 0) is 56.9 Å². The molecule has 4 N–H and O–H groups in total. The van der Waals surface area contributed by atoms with E-state index in [2.05, 4.69) is 27.9 Å². The van der Waals surface area contributed by atoms with Crippen LogP contribution in [0.15, 0.2) is 40.9 Å². The fourth-order valence-electron chi connectivity index (χ4n) is 4.51. The highest BCUT2D eigenvalue weighted by Crippen LogP contribution is 2.40. The quantitative estimate of drug-likeness (QED) is 0.603. The largest absolute Gasteiger partial charge is 0.360 e. The number of carbonyl (C=O) groups is 2. The fourth-order valence-corrected chi connectivity index (χ4v) is 4.51. The van der Waals surface area contributed by atoms with Crippen molar-refractivity contribution < 1.29 is 14.1 Å². The zero-order valence-corrected chi connectivity index (χ0v) is 18.0. The maximum Gasteiger partial charge on any atom is 0.273 e. The van der Waals surface area contributed by atoms with E-state index in [0.29, 0.717) is 18.0 Å². The van der Waals surface area contributed by atoms with Crippen molar-refractivity contribution in [3.8, 4) is 0 Å². The SMILES string of the molecule is CC(N)CC(=O)N[C@H]1CC[C@H](NC(=O)c2cc(C3CC3)on2)[C@H](Cc2ccccc2)C1. The standard InChI is InChI=1S/C24H32N4O3/c1-15(25)11-23(29)26-19-9-10-20(18(13-19)12-16-5-3-2-4-6-16)27-24(30)21-14-22(31-28-21)17-7-8-17/h2-6,14-15,17-20H,7-13,25H2,1H3,(H,26,29)(H,27,30)/t15?,18-,19+,20+/m1/s1. The lowest BCUT2D eigenvalue weighted by Crippen LogP contribution is -2.49. The molecule has 1 aromatic carbocycles. The van der Waals surface area contributed by atoms with Gasteiger partial charge in [0.05, 0.1) is 0 Å². The molecule has 0 aliphatic heterocycles. The summed E-state index contributed by atoms with van der Waals surface area (Å²) >= 11 is 0. The summed E-state index contributed by atoms with van der Waals surface area (Å²) < 4.78 is 5.35. The smallest absolute Gasteiger partial charge is 0.273 e. The van der Waals surface area contributed by atoms with Gasteiger partial charge in [-0.2, -0.15) is 0 Å². The normalized spacial score (nSPS) is 24.4. The average molecular weight is 425 g/mol. The number of hydrogen-bond acceptors (Lipinski definition) is 5. The van der Waals surface area contributed by atoms with Crippen LogP contribution in [0.25, 0.3) is 0 Å². The first kappa shape index (κ1) is 21.6. The Morgan fingerprint density at radius 3 is 2.65 bits per heavy atom. The Morgan fingerprint density at radius 2 is 1.94 bits per heavy atom. The second-order valence-corrected chi connectivity index (χ2v) is 9.18. The summed E-state index contributed by atoms with van der Waals surface area (Å²) in [6.07, 6.45) is 5.83. The number of carbonyl (C=O) groups excluding carboxylic acids is 2. The van der Waals surface area contributed by atoms with E-state index in [1.54, 1.807) is 6.07 Å². The molecule has 0 bridgehead atoms. The maximum absolute atomic E-state index is 12.8. The zero-order valence-electron chi connectivity index (χ0n) is 18.0. The Hall–Kier alpha value is -2.67. The number of nitrogens with zero attached hydrogens (tertiary/aromatic N) is 1.